The highest BCUT2D eigenvalue weighted by Gasteiger charge is 2.55. The Bertz CT molecular complexity index is 2970. The largest absolute Gasteiger partial charge is 0.489 e. The second-order valence-corrected chi connectivity index (χ2v) is 21.1. The second-order valence-electron chi connectivity index (χ2n) is 21.1. The summed E-state index contributed by atoms with van der Waals surface area (Å²) in [5.41, 5.74) is 8.33. The molecule has 8 aromatic rings. The van der Waals surface area contributed by atoms with Gasteiger partial charge in [0.1, 0.15) is 36.9 Å². The van der Waals surface area contributed by atoms with Gasteiger partial charge in [0.25, 0.3) is 0 Å². The summed E-state index contributed by atoms with van der Waals surface area (Å²) in [6, 6.07) is 48.9. The number of urea groups is 1. The van der Waals surface area contributed by atoms with E-state index in [4.69, 9.17) is 38.6 Å². The first kappa shape index (κ1) is 48.9. The Morgan fingerprint density at radius 1 is 0.520 bits per heavy atom. The van der Waals surface area contributed by atoms with Crippen LogP contribution in [0.3, 0.4) is 0 Å². The smallest absolute Gasteiger partial charge is 0.321 e. The number of fused-ring (bicyclic) bond motifs is 3. The Morgan fingerprint density at radius 3 is 1.36 bits per heavy atom. The van der Waals surface area contributed by atoms with Gasteiger partial charge in [-0.1, -0.05) is 97.1 Å². The lowest BCUT2D eigenvalue weighted by molar-refractivity contribution is -0.157. The molecule has 0 bridgehead atoms. The number of ether oxygens (including phenoxy) is 6. The molecule has 4 saturated heterocycles. The molecule has 4 fully saturated rings. The summed E-state index contributed by atoms with van der Waals surface area (Å²) >= 11 is 0. The van der Waals surface area contributed by atoms with E-state index in [2.05, 4.69) is 94.7 Å². The molecule has 0 spiro atoms. The number of rotatable bonds is 16. The van der Waals surface area contributed by atoms with Gasteiger partial charge in [-0.15, -0.1) is 0 Å². The molecule has 13 heteroatoms. The van der Waals surface area contributed by atoms with Crippen molar-refractivity contribution in [2.24, 2.45) is 0 Å². The molecule has 4 aliphatic rings. The first-order valence-electron chi connectivity index (χ1n) is 26.9. The van der Waals surface area contributed by atoms with E-state index in [1.54, 1.807) is 0 Å². The highest BCUT2D eigenvalue weighted by molar-refractivity contribution is 5.81. The summed E-state index contributed by atoms with van der Waals surface area (Å²) in [4.78, 5) is 20.4. The molecule has 12 rings (SSSR count). The van der Waals surface area contributed by atoms with Crippen molar-refractivity contribution in [2.45, 2.75) is 134 Å². The van der Waals surface area contributed by atoms with Crippen LogP contribution >= 0.6 is 0 Å². The van der Waals surface area contributed by atoms with E-state index in [0.717, 1.165) is 118 Å². The van der Waals surface area contributed by atoms with Gasteiger partial charge >= 0.3 is 6.03 Å². The van der Waals surface area contributed by atoms with Crippen molar-refractivity contribution in [1.29, 1.82) is 0 Å². The molecule has 4 aliphatic heterocycles. The number of aromatic nitrogens is 4. The summed E-state index contributed by atoms with van der Waals surface area (Å²) in [7, 11) is 0. The minimum Gasteiger partial charge on any atom is -0.489 e. The molecule has 0 aliphatic carbocycles. The van der Waals surface area contributed by atoms with Crippen molar-refractivity contribution in [2.75, 3.05) is 13.2 Å². The Morgan fingerprint density at radius 2 is 0.947 bits per heavy atom. The zero-order valence-corrected chi connectivity index (χ0v) is 42.9. The molecule has 6 atom stereocenters. The molecule has 0 radical (unpaired) electrons. The van der Waals surface area contributed by atoms with E-state index < -0.39 is 30.1 Å². The van der Waals surface area contributed by atoms with E-state index in [1.165, 1.54) is 0 Å². The van der Waals surface area contributed by atoms with E-state index in [-0.39, 0.29) is 18.5 Å². The highest BCUT2D eigenvalue weighted by atomic mass is 16.8. The molecular weight excluding hydrogens is 941 g/mol. The van der Waals surface area contributed by atoms with Crippen LogP contribution < -0.4 is 9.47 Å². The highest BCUT2D eigenvalue weighted by Crippen LogP contribution is 2.41. The number of carbonyl (C=O) groups is 1. The van der Waals surface area contributed by atoms with Gasteiger partial charge in [-0.2, -0.15) is 10.2 Å². The SMILES string of the molecule is CC1(C)O[C@@H]2[C@@H](O1)[C@@H](Cc1ccc(OCc3ccccc3)cc1)N(Cc1ccc3c(cnn3C3CCCCO3)c1)C(=O)N(Cc1ccc3c(cnn3C3CCCCO3)c1)[C@@H]2Cc1ccc(OCc2ccccc2)cc1. The van der Waals surface area contributed by atoms with Gasteiger partial charge in [0.15, 0.2) is 18.2 Å². The van der Waals surface area contributed by atoms with Crippen LogP contribution in [0.5, 0.6) is 11.5 Å². The van der Waals surface area contributed by atoms with Crippen LogP contribution in [0.4, 0.5) is 4.79 Å². The number of carbonyl (C=O) groups excluding carboxylic acids is 1. The summed E-state index contributed by atoms with van der Waals surface area (Å²) in [6.07, 6.45) is 9.91. The standard InChI is InChI=1S/C62H66N6O7/c1-62(2)74-59-55(35-43-19-25-51(26-20-43)72-41-45-13-5-3-6-14-45)65(39-47-23-29-53-49(33-47)37-63-67(53)57-17-9-11-31-70-57)61(69)66(40-48-24-30-54-50(34-48)38-64-68(54)58-18-10-12-32-71-58)56(60(59)75-62)36-44-21-27-52(28-22-44)73-42-46-15-7-4-8-16-46/h3-8,13-16,19-30,33-34,37-38,55-60H,9-12,17-18,31-32,35-36,39-42H2,1-2H3/t55-,56-,57?,58?,59+,60+/m1/s1. The average molecular weight is 1010 g/mol. The lowest BCUT2D eigenvalue weighted by Crippen LogP contribution is -2.51. The minimum atomic E-state index is -0.933. The topological polar surface area (TPSA) is 115 Å². The summed E-state index contributed by atoms with van der Waals surface area (Å²) in [5, 5.41) is 11.7. The summed E-state index contributed by atoms with van der Waals surface area (Å²) < 4.78 is 43.1. The van der Waals surface area contributed by atoms with Gasteiger partial charge < -0.3 is 38.2 Å². The van der Waals surface area contributed by atoms with Crippen LogP contribution in [0.1, 0.15) is 98.2 Å². The van der Waals surface area contributed by atoms with Crippen molar-refractivity contribution in [3.8, 4) is 11.5 Å². The first-order chi connectivity index (χ1) is 36.8. The van der Waals surface area contributed by atoms with Crippen LogP contribution in [-0.4, -0.2) is 78.7 Å². The third-order valence-electron chi connectivity index (χ3n) is 15.3. The Labute approximate surface area is 438 Å². The molecule has 6 heterocycles. The number of benzene rings is 6. The van der Waals surface area contributed by atoms with Crippen molar-refractivity contribution in [3.63, 3.8) is 0 Å². The molecular formula is C62H66N6O7. The molecule has 13 nitrogen and oxygen atoms in total. The molecule has 0 saturated carbocycles. The number of hydrogen-bond donors (Lipinski definition) is 0. The summed E-state index contributed by atoms with van der Waals surface area (Å²) in [6.45, 7) is 7.05. The van der Waals surface area contributed by atoms with E-state index in [9.17, 15) is 0 Å². The molecule has 2 unspecified atom stereocenters. The third-order valence-corrected chi connectivity index (χ3v) is 15.3. The van der Waals surface area contributed by atoms with E-state index >= 15 is 4.79 Å². The molecule has 0 N–H and O–H groups in total. The second kappa shape index (κ2) is 21.7. The van der Waals surface area contributed by atoms with Crippen LogP contribution in [0, 0.1) is 0 Å². The van der Waals surface area contributed by atoms with Crippen LogP contribution in [0.2, 0.25) is 0 Å². The van der Waals surface area contributed by atoms with Crippen molar-refractivity contribution >= 4 is 27.8 Å². The Balaban J connectivity index is 0.917. The monoisotopic (exact) mass is 1010 g/mol. The maximum Gasteiger partial charge on any atom is 0.321 e. The van der Waals surface area contributed by atoms with Gasteiger partial charge in [-0.05, 0) is 147 Å². The zero-order chi connectivity index (χ0) is 50.7. The lowest BCUT2D eigenvalue weighted by atomic mass is 9.90. The van der Waals surface area contributed by atoms with Crippen LogP contribution in [0.25, 0.3) is 21.8 Å². The summed E-state index contributed by atoms with van der Waals surface area (Å²) in [5.74, 6) is 0.622. The Kier molecular flexibility index (Phi) is 14.1. The molecule has 2 amide bonds. The predicted molar refractivity (Wildman–Crippen MR) is 287 cm³/mol. The maximum atomic E-state index is 16.3. The quantitative estimate of drug-likeness (QED) is 0.0933. The third kappa shape index (κ3) is 10.9. The van der Waals surface area contributed by atoms with Gasteiger partial charge in [-0.3, -0.25) is 0 Å². The van der Waals surface area contributed by atoms with E-state index in [1.807, 2.05) is 96.3 Å². The van der Waals surface area contributed by atoms with Gasteiger partial charge in [0.05, 0.1) is 35.5 Å². The average Bonchev–Trinajstić information content (AvgIpc) is 4.23. The predicted octanol–water partition coefficient (Wildman–Crippen LogP) is 12.1. The van der Waals surface area contributed by atoms with Gasteiger partial charge in [-0.25, -0.2) is 14.2 Å². The fourth-order valence-electron chi connectivity index (χ4n) is 11.5. The van der Waals surface area contributed by atoms with Crippen LogP contribution in [-0.2, 0) is 58.1 Å². The molecule has 6 aromatic carbocycles. The normalized spacial score (nSPS) is 22.8. The lowest BCUT2D eigenvalue weighted by Gasteiger charge is -2.37. The first-order valence-corrected chi connectivity index (χ1v) is 26.9. The number of nitrogens with zero attached hydrogens (tertiary/aromatic N) is 6. The van der Waals surface area contributed by atoms with Gasteiger partial charge in [0, 0.05) is 37.1 Å². The number of hydrogen-bond acceptors (Lipinski definition) is 9. The van der Waals surface area contributed by atoms with Crippen molar-refractivity contribution in [3.05, 3.63) is 191 Å². The fourth-order valence-corrected chi connectivity index (χ4v) is 11.5. The minimum absolute atomic E-state index is 0.0900. The zero-order valence-electron chi connectivity index (χ0n) is 42.9. The molecule has 75 heavy (non-hydrogen) atoms. The Hall–Kier alpha value is -7.03. The van der Waals surface area contributed by atoms with E-state index in [0.29, 0.717) is 39.1 Å². The van der Waals surface area contributed by atoms with Gasteiger partial charge in [0.2, 0.25) is 0 Å². The maximum absolute atomic E-state index is 16.3. The number of amides is 2. The van der Waals surface area contributed by atoms with Crippen molar-refractivity contribution < 1.29 is 33.2 Å². The van der Waals surface area contributed by atoms with Crippen LogP contribution in [0.15, 0.2) is 158 Å². The van der Waals surface area contributed by atoms with Crippen molar-refractivity contribution in [1.82, 2.24) is 29.4 Å². The molecule has 2 aromatic heterocycles. The fraction of sp³-hybridized carbons (Fsp3) is 0.371. The molecule has 386 valence electrons.